The molecule has 0 saturated carbocycles. The van der Waals surface area contributed by atoms with Gasteiger partial charge in [0.15, 0.2) is 0 Å². The van der Waals surface area contributed by atoms with Gasteiger partial charge in [0.1, 0.15) is 0 Å². The van der Waals surface area contributed by atoms with E-state index in [1.807, 2.05) is 0 Å². The van der Waals surface area contributed by atoms with Crippen molar-refractivity contribution in [2.45, 2.75) is 31.6 Å². The minimum absolute atomic E-state index is 0.296. The van der Waals surface area contributed by atoms with Gasteiger partial charge in [-0.2, -0.15) is 0 Å². The van der Waals surface area contributed by atoms with Crippen molar-refractivity contribution in [3.63, 3.8) is 0 Å². The SMILES string of the molecule is O=C(CCc1cccc2ccccc12)N1CCC(c2ccccc2)CC1. The minimum atomic E-state index is 0.296. The van der Waals surface area contributed by atoms with Crippen LogP contribution in [0.25, 0.3) is 10.8 Å². The summed E-state index contributed by atoms with van der Waals surface area (Å²) in [6, 6.07) is 25.5. The van der Waals surface area contributed by atoms with E-state index in [-0.39, 0.29) is 0 Å². The number of fused-ring (bicyclic) bond motifs is 1. The van der Waals surface area contributed by atoms with Gasteiger partial charge in [0, 0.05) is 19.5 Å². The van der Waals surface area contributed by atoms with Crippen LogP contribution in [-0.2, 0) is 11.2 Å². The van der Waals surface area contributed by atoms with Gasteiger partial charge in [0.2, 0.25) is 5.91 Å². The Morgan fingerprint density at radius 2 is 1.54 bits per heavy atom. The lowest BCUT2D eigenvalue weighted by Gasteiger charge is -2.32. The number of piperidine rings is 1. The molecule has 1 fully saturated rings. The second-order valence-electron chi connectivity index (χ2n) is 7.20. The van der Waals surface area contributed by atoms with Crippen molar-refractivity contribution in [1.82, 2.24) is 4.90 Å². The summed E-state index contributed by atoms with van der Waals surface area (Å²) in [5.74, 6) is 0.891. The average molecular weight is 343 g/mol. The molecule has 1 heterocycles. The van der Waals surface area contributed by atoms with Crippen LogP contribution in [0.3, 0.4) is 0 Å². The molecule has 0 atom stereocenters. The summed E-state index contributed by atoms with van der Waals surface area (Å²) in [6.45, 7) is 1.77. The van der Waals surface area contributed by atoms with Crippen LogP contribution in [0.4, 0.5) is 0 Å². The average Bonchev–Trinajstić information content (AvgIpc) is 2.73. The lowest BCUT2D eigenvalue weighted by atomic mass is 9.89. The highest BCUT2D eigenvalue weighted by atomic mass is 16.2. The van der Waals surface area contributed by atoms with Gasteiger partial charge in [-0.05, 0) is 47.1 Å². The van der Waals surface area contributed by atoms with E-state index in [0.29, 0.717) is 18.2 Å². The van der Waals surface area contributed by atoms with E-state index in [1.165, 1.54) is 21.9 Å². The summed E-state index contributed by atoms with van der Waals surface area (Å²) in [6.07, 6.45) is 3.57. The number of hydrogen-bond donors (Lipinski definition) is 0. The molecule has 3 aromatic carbocycles. The fourth-order valence-corrected chi connectivity index (χ4v) is 4.10. The van der Waals surface area contributed by atoms with Crippen LogP contribution in [0.5, 0.6) is 0 Å². The maximum atomic E-state index is 12.7. The quantitative estimate of drug-likeness (QED) is 0.639. The summed E-state index contributed by atoms with van der Waals surface area (Å²) < 4.78 is 0. The Kier molecular flexibility index (Phi) is 5.01. The molecule has 1 amide bonds. The Balaban J connectivity index is 1.34. The Hall–Kier alpha value is -2.61. The molecule has 0 unspecified atom stereocenters. The van der Waals surface area contributed by atoms with Crippen LogP contribution >= 0.6 is 0 Å². The summed E-state index contributed by atoms with van der Waals surface area (Å²) in [7, 11) is 0. The van der Waals surface area contributed by atoms with Gasteiger partial charge in [-0.25, -0.2) is 0 Å². The Labute approximate surface area is 155 Å². The first-order valence-electron chi connectivity index (χ1n) is 9.60. The lowest BCUT2D eigenvalue weighted by molar-refractivity contribution is -0.132. The first-order valence-corrected chi connectivity index (χ1v) is 9.60. The first-order chi connectivity index (χ1) is 12.8. The number of hydrogen-bond acceptors (Lipinski definition) is 1. The van der Waals surface area contributed by atoms with Gasteiger partial charge >= 0.3 is 0 Å². The van der Waals surface area contributed by atoms with Crippen LogP contribution in [0.1, 0.15) is 36.3 Å². The van der Waals surface area contributed by atoms with E-state index in [0.717, 1.165) is 32.4 Å². The maximum absolute atomic E-state index is 12.7. The van der Waals surface area contributed by atoms with E-state index in [4.69, 9.17) is 0 Å². The van der Waals surface area contributed by atoms with Crippen molar-refractivity contribution in [2.24, 2.45) is 0 Å². The Morgan fingerprint density at radius 1 is 0.846 bits per heavy atom. The monoisotopic (exact) mass is 343 g/mol. The number of amides is 1. The smallest absolute Gasteiger partial charge is 0.222 e. The molecule has 4 rings (SSSR count). The Bertz CT molecular complexity index is 874. The third-order valence-electron chi connectivity index (χ3n) is 5.61. The number of carbonyl (C=O) groups is 1. The van der Waals surface area contributed by atoms with Crippen molar-refractivity contribution < 1.29 is 4.79 Å². The van der Waals surface area contributed by atoms with Gasteiger partial charge in [-0.15, -0.1) is 0 Å². The van der Waals surface area contributed by atoms with Gasteiger partial charge in [-0.1, -0.05) is 72.8 Å². The fraction of sp³-hybridized carbons (Fsp3) is 0.292. The van der Waals surface area contributed by atoms with Crippen molar-refractivity contribution in [3.8, 4) is 0 Å². The molecular formula is C24H25NO. The van der Waals surface area contributed by atoms with Crippen molar-refractivity contribution in [2.75, 3.05) is 13.1 Å². The molecule has 0 N–H and O–H groups in total. The second-order valence-corrected chi connectivity index (χ2v) is 7.20. The number of rotatable bonds is 4. The predicted molar refractivity (Wildman–Crippen MR) is 107 cm³/mol. The molecule has 1 saturated heterocycles. The summed E-state index contributed by atoms with van der Waals surface area (Å²) in [5.41, 5.74) is 2.69. The van der Waals surface area contributed by atoms with Crippen LogP contribution in [0.2, 0.25) is 0 Å². The summed E-state index contributed by atoms with van der Waals surface area (Å²) in [5, 5.41) is 2.52. The van der Waals surface area contributed by atoms with Crippen LogP contribution in [-0.4, -0.2) is 23.9 Å². The number of aryl methyl sites for hydroxylation is 1. The maximum Gasteiger partial charge on any atom is 0.222 e. The first kappa shape index (κ1) is 16.8. The fourth-order valence-electron chi connectivity index (χ4n) is 4.10. The highest BCUT2D eigenvalue weighted by molar-refractivity contribution is 5.86. The number of carbonyl (C=O) groups excluding carboxylic acids is 1. The van der Waals surface area contributed by atoms with Crippen LogP contribution < -0.4 is 0 Å². The molecule has 3 aromatic rings. The third-order valence-corrected chi connectivity index (χ3v) is 5.61. The van der Waals surface area contributed by atoms with Gasteiger partial charge in [0.05, 0.1) is 0 Å². The molecule has 2 nitrogen and oxygen atoms in total. The number of benzene rings is 3. The van der Waals surface area contributed by atoms with Crippen molar-refractivity contribution in [1.29, 1.82) is 0 Å². The predicted octanol–water partition coefficient (Wildman–Crippen LogP) is 5.18. The molecule has 0 aromatic heterocycles. The topological polar surface area (TPSA) is 20.3 Å². The van der Waals surface area contributed by atoms with E-state index in [2.05, 4.69) is 77.7 Å². The normalized spacial score (nSPS) is 15.3. The van der Waals surface area contributed by atoms with Gasteiger partial charge < -0.3 is 4.90 Å². The van der Waals surface area contributed by atoms with E-state index >= 15 is 0 Å². The Morgan fingerprint density at radius 3 is 2.35 bits per heavy atom. The number of likely N-dealkylation sites (tertiary alicyclic amines) is 1. The van der Waals surface area contributed by atoms with Crippen molar-refractivity contribution in [3.05, 3.63) is 83.9 Å². The molecular weight excluding hydrogens is 318 g/mol. The zero-order chi connectivity index (χ0) is 17.8. The molecule has 1 aliphatic heterocycles. The largest absolute Gasteiger partial charge is 0.343 e. The molecule has 2 heteroatoms. The zero-order valence-corrected chi connectivity index (χ0v) is 15.1. The lowest BCUT2D eigenvalue weighted by Crippen LogP contribution is -2.38. The van der Waals surface area contributed by atoms with Gasteiger partial charge in [-0.3, -0.25) is 4.79 Å². The minimum Gasteiger partial charge on any atom is -0.343 e. The van der Waals surface area contributed by atoms with Gasteiger partial charge in [0.25, 0.3) is 0 Å². The number of nitrogens with zero attached hydrogens (tertiary/aromatic N) is 1. The molecule has 26 heavy (non-hydrogen) atoms. The molecule has 132 valence electrons. The third kappa shape index (κ3) is 3.65. The zero-order valence-electron chi connectivity index (χ0n) is 15.1. The van der Waals surface area contributed by atoms with E-state index < -0.39 is 0 Å². The summed E-state index contributed by atoms with van der Waals surface area (Å²) >= 11 is 0. The second kappa shape index (κ2) is 7.74. The highest BCUT2D eigenvalue weighted by Crippen LogP contribution is 2.28. The standard InChI is InChI=1S/C24H25NO/c26-24(14-13-22-11-6-10-21-9-4-5-12-23(21)22)25-17-15-20(16-18-25)19-7-2-1-3-8-19/h1-12,20H,13-18H2. The molecule has 0 bridgehead atoms. The van der Waals surface area contributed by atoms with Crippen LogP contribution in [0, 0.1) is 0 Å². The molecule has 0 spiro atoms. The summed E-state index contributed by atoms with van der Waals surface area (Å²) in [4.78, 5) is 14.7. The van der Waals surface area contributed by atoms with Crippen molar-refractivity contribution >= 4 is 16.7 Å². The van der Waals surface area contributed by atoms with E-state index in [9.17, 15) is 4.79 Å². The van der Waals surface area contributed by atoms with Crippen LogP contribution in [0.15, 0.2) is 72.8 Å². The van der Waals surface area contributed by atoms with E-state index in [1.54, 1.807) is 0 Å². The molecule has 0 radical (unpaired) electrons. The molecule has 1 aliphatic rings. The highest BCUT2D eigenvalue weighted by Gasteiger charge is 2.23. The molecule has 0 aliphatic carbocycles.